The topological polar surface area (TPSA) is 117 Å². The van der Waals surface area contributed by atoms with E-state index in [-0.39, 0.29) is 31.9 Å². The first-order chi connectivity index (χ1) is 12.4. The lowest BCUT2D eigenvalue weighted by Gasteiger charge is -2.28. The van der Waals surface area contributed by atoms with Crippen LogP contribution in [0.25, 0.3) is 0 Å². The molecule has 0 aliphatic carbocycles. The summed E-state index contributed by atoms with van der Waals surface area (Å²) in [6, 6.07) is 3.46. The lowest BCUT2D eigenvalue weighted by Crippen LogP contribution is -2.44. The van der Waals surface area contributed by atoms with Crippen LogP contribution in [0.5, 0.6) is 0 Å². The predicted octanol–water partition coefficient (Wildman–Crippen LogP) is -0.287. The molecule has 1 N–H and O–H groups in total. The first-order valence-corrected chi connectivity index (χ1v) is 9.64. The highest BCUT2D eigenvalue weighted by Crippen LogP contribution is 2.09. The Morgan fingerprint density at radius 1 is 1.31 bits per heavy atom. The smallest absolute Gasteiger partial charge is 0.328 e. The van der Waals surface area contributed by atoms with Gasteiger partial charge in [0.05, 0.1) is 19.0 Å². The molecule has 0 unspecified atom stereocenters. The highest BCUT2D eigenvalue weighted by atomic mass is 32.2. The van der Waals surface area contributed by atoms with Crippen LogP contribution in [0.15, 0.2) is 36.7 Å². The minimum absolute atomic E-state index is 0.0582. The van der Waals surface area contributed by atoms with Crippen molar-refractivity contribution in [2.24, 2.45) is 0 Å². The standard InChI is InChI=1S/C16H21N3O6S/c20-15(3-4-16(21)22)18(13-14-2-1-5-17-12-14)8-11-26(23,24)19-6-9-25-10-7-19/h1-5,12H,6-11,13H2,(H,21,22). The zero-order valence-electron chi connectivity index (χ0n) is 14.2. The third kappa shape index (κ3) is 6.21. The molecule has 2 heterocycles. The Kier molecular flexibility index (Phi) is 7.25. The number of aliphatic carboxylic acids is 1. The van der Waals surface area contributed by atoms with Crippen molar-refractivity contribution in [1.29, 1.82) is 0 Å². The molecular formula is C16H21N3O6S. The third-order valence-corrected chi connectivity index (χ3v) is 5.61. The fourth-order valence-corrected chi connectivity index (χ4v) is 3.82. The molecular weight excluding hydrogens is 362 g/mol. The Morgan fingerprint density at radius 3 is 2.65 bits per heavy atom. The van der Waals surface area contributed by atoms with Gasteiger partial charge in [0, 0.05) is 50.7 Å². The summed E-state index contributed by atoms with van der Waals surface area (Å²) in [5, 5.41) is 8.68. The van der Waals surface area contributed by atoms with E-state index >= 15 is 0 Å². The first kappa shape index (κ1) is 20.0. The van der Waals surface area contributed by atoms with E-state index in [9.17, 15) is 18.0 Å². The Labute approximate surface area is 151 Å². The van der Waals surface area contributed by atoms with Gasteiger partial charge < -0.3 is 14.7 Å². The second kappa shape index (κ2) is 9.41. The number of ether oxygens (including phenoxy) is 1. The number of hydrogen-bond donors (Lipinski definition) is 1. The summed E-state index contributed by atoms with van der Waals surface area (Å²) in [7, 11) is -3.53. The molecule has 1 saturated heterocycles. The molecule has 1 amide bonds. The summed E-state index contributed by atoms with van der Waals surface area (Å²) in [4.78, 5) is 28.1. The maximum absolute atomic E-state index is 12.4. The van der Waals surface area contributed by atoms with Crippen LogP contribution in [0.1, 0.15) is 5.56 Å². The van der Waals surface area contributed by atoms with Crippen LogP contribution in [0.4, 0.5) is 0 Å². The molecule has 0 bridgehead atoms. The average molecular weight is 383 g/mol. The number of carbonyl (C=O) groups is 2. The van der Waals surface area contributed by atoms with E-state index in [4.69, 9.17) is 9.84 Å². The number of sulfonamides is 1. The number of amides is 1. The van der Waals surface area contributed by atoms with Gasteiger partial charge in [0.2, 0.25) is 15.9 Å². The van der Waals surface area contributed by atoms with Gasteiger partial charge in [0.25, 0.3) is 0 Å². The molecule has 1 fully saturated rings. The van der Waals surface area contributed by atoms with Crippen molar-refractivity contribution in [3.63, 3.8) is 0 Å². The second-order valence-electron chi connectivity index (χ2n) is 5.62. The van der Waals surface area contributed by atoms with Crippen molar-refractivity contribution >= 4 is 21.9 Å². The molecule has 2 rings (SSSR count). The minimum atomic E-state index is -3.53. The van der Waals surface area contributed by atoms with Gasteiger partial charge >= 0.3 is 5.97 Å². The van der Waals surface area contributed by atoms with Crippen molar-refractivity contribution in [1.82, 2.24) is 14.2 Å². The largest absolute Gasteiger partial charge is 0.478 e. The van der Waals surface area contributed by atoms with Gasteiger partial charge in [-0.15, -0.1) is 0 Å². The lowest BCUT2D eigenvalue weighted by molar-refractivity contribution is -0.132. The number of hydrogen-bond acceptors (Lipinski definition) is 6. The number of pyridine rings is 1. The molecule has 10 heteroatoms. The normalized spacial score (nSPS) is 15.8. The number of nitrogens with zero attached hydrogens (tertiary/aromatic N) is 3. The summed E-state index contributed by atoms with van der Waals surface area (Å²) in [6.45, 7) is 1.35. The summed E-state index contributed by atoms with van der Waals surface area (Å²) >= 11 is 0. The molecule has 142 valence electrons. The number of carbonyl (C=O) groups excluding carboxylic acids is 1. The number of aromatic nitrogens is 1. The fraction of sp³-hybridized carbons (Fsp3) is 0.438. The van der Waals surface area contributed by atoms with Crippen molar-refractivity contribution in [2.75, 3.05) is 38.6 Å². The van der Waals surface area contributed by atoms with Gasteiger partial charge in [-0.25, -0.2) is 13.2 Å². The summed E-state index contributed by atoms with van der Waals surface area (Å²) in [5.74, 6) is -2.08. The van der Waals surface area contributed by atoms with E-state index in [2.05, 4.69) is 4.98 Å². The van der Waals surface area contributed by atoms with Crippen LogP contribution in [-0.4, -0.2) is 78.2 Å². The van der Waals surface area contributed by atoms with Gasteiger partial charge in [-0.1, -0.05) is 6.07 Å². The molecule has 1 aromatic rings. The van der Waals surface area contributed by atoms with Crippen LogP contribution in [-0.2, 0) is 30.9 Å². The maximum Gasteiger partial charge on any atom is 0.328 e. The van der Waals surface area contributed by atoms with E-state index < -0.39 is 21.9 Å². The fourth-order valence-electron chi connectivity index (χ4n) is 2.41. The second-order valence-corrected chi connectivity index (χ2v) is 7.71. The lowest BCUT2D eigenvalue weighted by atomic mass is 10.2. The first-order valence-electron chi connectivity index (χ1n) is 8.03. The summed E-state index contributed by atoms with van der Waals surface area (Å²) < 4.78 is 31.4. The van der Waals surface area contributed by atoms with Gasteiger partial charge in [-0.05, 0) is 11.6 Å². The van der Waals surface area contributed by atoms with Crippen LogP contribution in [0, 0.1) is 0 Å². The monoisotopic (exact) mass is 383 g/mol. The zero-order chi connectivity index (χ0) is 19.0. The molecule has 0 atom stereocenters. The predicted molar refractivity (Wildman–Crippen MR) is 92.6 cm³/mol. The van der Waals surface area contributed by atoms with Gasteiger partial charge in [0.1, 0.15) is 0 Å². The molecule has 1 aromatic heterocycles. The summed E-state index contributed by atoms with van der Waals surface area (Å²) in [5.41, 5.74) is 0.716. The molecule has 1 aliphatic rings. The van der Waals surface area contributed by atoms with E-state index in [0.29, 0.717) is 18.8 Å². The van der Waals surface area contributed by atoms with Gasteiger partial charge in [0.15, 0.2) is 0 Å². The Hall–Kier alpha value is -2.30. The molecule has 0 radical (unpaired) electrons. The minimum Gasteiger partial charge on any atom is -0.478 e. The Bertz CT molecular complexity index is 745. The van der Waals surface area contributed by atoms with Crippen LogP contribution in [0.3, 0.4) is 0 Å². The van der Waals surface area contributed by atoms with Crippen molar-refractivity contribution in [2.45, 2.75) is 6.54 Å². The van der Waals surface area contributed by atoms with E-state index in [0.717, 1.165) is 12.2 Å². The Morgan fingerprint density at radius 2 is 2.04 bits per heavy atom. The van der Waals surface area contributed by atoms with E-state index in [1.54, 1.807) is 24.5 Å². The third-order valence-electron chi connectivity index (χ3n) is 3.76. The Balaban J connectivity index is 2.07. The molecule has 9 nitrogen and oxygen atoms in total. The van der Waals surface area contributed by atoms with Crippen LogP contribution in [0.2, 0.25) is 0 Å². The van der Waals surface area contributed by atoms with E-state index in [1.165, 1.54) is 9.21 Å². The quantitative estimate of drug-likeness (QED) is 0.613. The zero-order valence-corrected chi connectivity index (χ0v) is 15.0. The van der Waals surface area contributed by atoms with Gasteiger partial charge in [-0.3, -0.25) is 9.78 Å². The highest BCUT2D eigenvalue weighted by Gasteiger charge is 2.25. The van der Waals surface area contributed by atoms with E-state index in [1.807, 2.05) is 0 Å². The number of carboxylic acid groups (broad SMARTS) is 1. The number of rotatable bonds is 8. The number of carboxylic acids is 1. The van der Waals surface area contributed by atoms with Crippen molar-refractivity contribution < 1.29 is 27.9 Å². The molecule has 0 saturated carbocycles. The number of morpholine rings is 1. The van der Waals surface area contributed by atoms with Crippen molar-refractivity contribution in [3.05, 3.63) is 42.2 Å². The summed E-state index contributed by atoms with van der Waals surface area (Å²) in [6.07, 6.45) is 4.80. The average Bonchev–Trinajstić information content (AvgIpc) is 2.64. The highest BCUT2D eigenvalue weighted by molar-refractivity contribution is 7.89. The molecule has 0 spiro atoms. The van der Waals surface area contributed by atoms with Crippen LogP contribution >= 0.6 is 0 Å². The SMILES string of the molecule is O=C(O)C=CC(=O)N(CCS(=O)(=O)N1CCOCC1)Cc1cccnc1. The molecule has 1 aliphatic heterocycles. The van der Waals surface area contributed by atoms with Crippen LogP contribution < -0.4 is 0 Å². The molecule has 0 aromatic carbocycles. The van der Waals surface area contributed by atoms with Gasteiger partial charge in [-0.2, -0.15) is 4.31 Å². The van der Waals surface area contributed by atoms with Crippen molar-refractivity contribution in [3.8, 4) is 0 Å². The molecule has 26 heavy (non-hydrogen) atoms. The maximum atomic E-state index is 12.4.